The first-order valence-electron chi connectivity index (χ1n) is 7.23. The molecule has 1 amide bonds. The summed E-state index contributed by atoms with van der Waals surface area (Å²) in [6, 6.07) is 1.01. The van der Waals surface area contributed by atoms with Crippen molar-refractivity contribution in [3.05, 3.63) is 23.6 Å². The molecule has 1 aromatic rings. The van der Waals surface area contributed by atoms with E-state index in [1.807, 2.05) is 6.92 Å². The fraction of sp³-hybridized carbons (Fsp3) is 0.500. The third kappa shape index (κ3) is 3.53. The lowest BCUT2D eigenvalue weighted by Crippen LogP contribution is -2.45. The van der Waals surface area contributed by atoms with E-state index in [0.717, 1.165) is 12.3 Å². The van der Waals surface area contributed by atoms with E-state index in [0.29, 0.717) is 19.3 Å². The molecule has 1 heterocycles. The SMILES string of the molecule is C#C[C@](C)(CC)NC(=O)c1cc(F)cnc1NC1CC(F)C1. The van der Waals surface area contributed by atoms with Gasteiger partial charge in [0.2, 0.25) is 0 Å². The molecular weight excluding hydrogens is 288 g/mol. The first-order chi connectivity index (χ1) is 10.4. The van der Waals surface area contributed by atoms with Crippen molar-refractivity contribution in [3.63, 3.8) is 0 Å². The van der Waals surface area contributed by atoms with E-state index in [-0.39, 0.29) is 17.4 Å². The van der Waals surface area contributed by atoms with E-state index >= 15 is 0 Å². The van der Waals surface area contributed by atoms with Crippen LogP contribution in [0.15, 0.2) is 12.3 Å². The van der Waals surface area contributed by atoms with Gasteiger partial charge in [0.05, 0.1) is 17.3 Å². The van der Waals surface area contributed by atoms with E-state index in [1.54, 1.807) is 6.92 Å². The molecule has 1 aliphatic rings. The van der Waals surface area contributed by atoms with Crippen molar-refractivity contribution < 1.29 is 13.6 Å². The normalized spacial score (nSPS) is 22.9. The zero-order chi connectivity index (χ0) is 16.3. The molecule has 0 spiro atoms. The monoisotopic (exact) mass is 307 g/mol. The third-order valence-electron chi connectivity index (χ3n) is 3.94. The number of alkyl halides is 1. The summed E-state index contributed by atoms with van der Waals surface area (Å²) in [4.78, 5) is 16.3. The van der Waals surface area contributed by atoms with Gasteiger partial charge in [-0.1, -0.05) is 12.8 Å². The van der Waals surface area contributed by atoms with E-state index in [4.69, 9.17) is 6.42 Å². The van der Waals surface area contributed by atoms with Gasteiger partial charge in [-0.3, -0.25) is 4.79 Å². The summed E-state index contributed by atoms with van der Waals surface area (Å²) in [6.45, 7) is 3.56. The van der Waals surface area contributed by atoms with Crippen molar-refractivity contribution in [2.75, 3.05) is 5.32 Å². The van der Waals surface area contributed by atoms with Gasteiger partial charge < -0.3 is 10.6 Å². The number of carbonyl (C=O) groups is 1. The second-order valence-electron chi connectivity index (χ2n) is 5.74. The average molecular weight is 307 g/mol. The van der Waals surface area contributed by atoms with E-state index in [1.165, 1.54) is 0 Å². The first kappa shape index (κ1) is 16.2. The highest BCUT2D eigenvalue weighted by molar-refractivity contribution is 5.99. The van der Waals surface area contributed by atoms with Crippen LogP contribution in [0.2, 0.25) is 0 Å². The van der Waals surface area contributed by atoms with Crippen LogP contribution in [0.1, 0.15) is 43.5 Å². The number of terminal acetylenes is 1. The van der Waals surface area contributed by atoms with Gasteiger partial charge in [-0.15, -0.1) is 6.42 Å². The number of rotatable bonds is 5. The summed E-state index contributed by atoms with van der Waals surface area (Å²) in [5.41, 5.74) is -0.751. The summed E-state index contributed by atoms with van der Waals surface area (Å²) < 4.78 is 26.3. The minimum absolute atomic E-state index is 0.0669. The van der Waals surface area contributed by atoms with Gasteiger partial charge >= 0.3 is 0 Å². The lowest BCUT2D eigenvalue weighted by molar-refractivity contribution is 0.0923. The maximum atomic E-state index is 13.4. The number of hydrogen-bond acceptors (Lipinski definition) is 3. The second kappa shape index (κ2) is 6.30. The number of pyridine rings is 1. The Bertz CT molecular complexity index is 608. The third-order valence-corrected chi connectivity index (χ3v) is 3.94. The lowest BCUT2D eigenvalue weighted by atomic mass is 9.90. The lowest BCUT2D eigenvalue weighted by Gasteiger charge is -2.31. The Morgan fingerprint density at radius 1 is 1.59 bits per heavy atom. The molecule has 22 heavy (non-hydrogen) atoms. The fourth-order valence-electron chi connectivity index (χ4n) is 2.13. The number of hydrogen-bond donors (Lipinski definition) is 2. The Labute approximate surface area is 128 Å². The zero-order valence-electron chi connectivity index (χ0n) is 12.6. The van der Waals surface area contributed by atoms with Crippen LogP contribution in [-0.4, -0.2) is 28.6 Å². The molecule has 1 aliphatic carbocycles. The molecular formula is C16H19F2N3O. The molecule has 0 radical (unpaired) electrons. The second-order valence-corrected chi connectivity index (χ2v) is 5.74. The number of aromatic nitrogens is 1. The molecule has 6 heteroatoms. The summed E-state index contributed by atoms with van der Waals surface area (Å²) >= 11 is 0. The topological polar surface area (TPSA) is 54.0 Å². The molecule has 0 aromatic carbocycles. The molecule has 2 N–H and O–H groups in total. The highest BCUT2D eigenvalue weighted by Gasteiger charge is 2.31. The van der Waals surface area contributed by atoms with Crippen molar-refractivity contribution in [3.8, 4) is 12.3 Å². The first-order valence-corrected chi connectivity index (χ1v) is 7.23. The Hall–Kier alpha value is -2.16. The van der Waals surface area contributed by atoms with Gasteiger partial charge in [-0.05, 0) is 32.3 Å². The largest absolute Gasteiger partial charge is 0.366 e. The molecule has 4 nitrogen and oxygen atoms in total. The Kier molecular flexibility index (Phi) is 4.65. The van der Waals surface area contributed by atoms with Crippen LogP contribution >= 0.6 is 0 Å². The molecule has 0 bridgehead atoms. The summed E-state index contributed by atoms with van der Waals surface area (Å²) in [7, 11) is 0. The Balaban J connectivity index is 2.19. The van der Waals surface area contributed by atoms with Gasteiger partial charge in [0, 0.05) is 6.04 Å². The summed E-state index contributed by atoms with van der Waals surface area (Å²) in [6.07, 6.45) is 6.86. The highest BCUT2D eigenvalue weighted by Crippen LogP contribution is 2.27. The Morgan fingerprint density at radius 2 is 2.27 bits per heavy atom. The van der Waals surface area contributed by atoms with Crippen LogP contribution in [0.3, 0.4) is 0 Å². The van der Waals surface area contributed by atoms with Crippen LogP contribution in [-0.2, 0) is 0 Å². The molecule has 118 valence electrons. The Morgan fingerprint density at radius 3 is 2.82 bits per heavy atom. The van der Waals surface area contributed by atoms with Gasteiger partial charge in [-0.2, -0.15) is 0 Å². The van der Waals surface area contributed by atoms with Gasteiger partial charge in [-0.25, -0.2) is 13.8 Å². The van der Waals surface area contributed by atoms with Gasteiger partial charge in [0.25, 0.3) is 5.91 Å². The number of halogens is 2. The molecule has 1 fully saturated rings. The fourth-order valence-corrected chi connectivity index (χ4v) is 2.13. The standard InChI is InChI=1S/C16H19F2N3O/c1-4-16(3,5-2)21-15(22)13-8-11(18)9-19-14(13)20-12-6-10(17)7-12/h1,8-10,12H,5-7H2,2-3H3,(H,19,20)(H,21,22)/t10?,12?,16-/m1/s1. The minimum atomic E-state index is -0.833. The predicted molar refractivity (Wildman–Crippen MR) is 80.7 cm³/mol. The van der Waals surface area contributed by atoms with Crippen LogP contribution < -0.4 is 10.6 Å². The molecule has 1 aromatic heterocycles. The van der Waals surface area contributed by atoms with E-state index < -0.39 is 23.4 Å². The van der Waals surface area contributed by atoms with Crippen LogP contribution in [0, 0.1) is 18.2 Å². The molecule has 2 rings (SSSR count). The smallest absolute Gasteiger partial charge is 0.256 e. The predicted octanol–water partition coefficient (Wildman–Crippen LogP) is 2.66. The maximum absolute atomic E-state index is 13.4. The zero-order valence-corrected chi connectivity index (χ0v) is 12.6. The molecule has 0 aliphatic heterocycles. The summed E-state index contributed by atoms with van der Waals surface area (Å²) in [5, 5.41) is 5.68. The molecule has 0 saturated heterocycles. The van der Waals surface area contributed by atoms with Crippen LogP contribution in [0.4, 0.5) is 14.6 Å². The van der Waals surface area contributed by atoms with Crippen LogP contribution in [0.25, 0.3) is 0 Å². The average Bonchev–Trinajstić information content (AvgIpc) is 2.47. The molecule has 0 unspecified atom stereocenters. The van der Waals surface area contributed by atoms with Crippen molar-refractivity contribution in [1.82, 2.24) is 10.3 Å². The number of nitrogens with one attached hydrogen (secondary N) is 2. The highest BCUT2D eigenvalue weighted by atomic mass is 19.1. The van der Waals surface area contributed by atoms with Crippen LogP contribution in [0.5, 0.6) is 0 Å². The number of anilines is 1. The molecule has 1 saturated carbocycles. The van der Waals surface area contributed by atoms with Gasteiger partial charge in [0.15, 0.2) is 0 Å². The van der Waals surface area contributed by atoms with E-state index in [2.05, 4.69) is 21.5 Å². The van der Waals surface area contributed by atoms with Crippen molar-refractivity contribution in [2.45, 2.75) is 50.9 Å². The van der Waals surface area contributed by atoms with Gasteiger partial charge in [0.1, 0.15) is 17.8 Å². The van der Waals surface area contributed by atoms with E-state index in [9.17, 15) is 13.6 Å². The molecule has 1 atom stereocenters. The minimum Gasteiger partial charge on any atom is -0.366 e. The van der Waals surface area contributed by atoms with Crippen molar-refractivity contribution in [2.24, 2.45) is 0 Å². The maximum Gasteiger partial charge on any atom is 0.256 e. The summed E-state index contributed by atoms with van der Waals surface area (Å²) in [5.74, 6) is 1.63. The number of nitrogens with zero attached hydrogens (tertiary/aromatic N) is 1. The number of carbonyl (C=O) groups excluding carboxylic acids is 1. The quantitative estimate of drug-likeness (QED) is 0.822. The number of amides is 1. The van der Waals surface area contributed by atoms with Crippen molar-refractivity contribution >= 4 is 11.7 Å². The van der Waals surface area contributed by atoms with Crippen molar-refractivity contribution in [1.29, 1.82) is 0 Å².